The first kappa shape index (κ1) is 23.5. The lowest BCUT2D eigenvalue weighted by Gasteiger charge is -2.17. The van der Waals surface area contributed by atoms with Gasteiger partial charge in [-0.05, 0) is 91.2 Å². The number of rotatable bonds is 6. The van der Waals surface area contributed by atoms with Crippen LogP contribution >= 0.6 is 0 Å². The molecular weight excluding hydrogens is 408 g/mol. The van der Waals surface area contributed by atoms with Crippen LogP contribution in [-0.2, 0) is 16.0 Å². The predicted molar refractivity (Wildman–Crippen MR) is 136 cm³/mol. The van der Waals surface area contributed by atoms with Crippen molar-refractivity contribution in [1.29, 1.82) is 0 Å². The molecule has 2 aliphatic rings. The number of carbonyl (C=O) groups is 2. The lowest BCUT2D eigenvalue weighted by Crippen LogP contribution is -2.18. The molecule has 4 nitrogen and oxygen atoms in total. The fraction of sp³-hybridized carbons (Fsp3) is 0.517. The van der Waals surface area contributed by atoms with Crippen LogP contribution < -0.4 is 10.6 Å². The number of hydrogen-bond acceptors (Lipinski definition) is 2. The molecule has 2 aliphatic carbocycles. The number of benzene rings is 2. The second kappa shape index (κ2) is 8.00. The third kappa shape index (κ3) is 4.85. The Labute approximate surface area is 198 Å². The molecule has 2 atom stereocenters. The van der Waals surface area contributed by atoms with E-state index in [4.69, 9.17) is 0 Å². The molecule has 2 saturated carbocycles. The summed E-state index contributed by atoms with van der Waals surface area (Å²) in [4.78, 5) is 25.2. The summed E-state index contributed by atoms with van der Waals surface area (Å²) in [6.45, 7) is 16.9. The maximum atomic E-state index is 12.6. The van der Waals surface area contributed by atoms with Crippen molar-refractivity contribution in [3.63, 3.8) is 0 Å². The van der Waals surface area contributed by atoms with Gasteiger partial charge in [-0.1, -0.05) is 52.0 Å². The highest BCUT2D eigenvalue weighted by Crippen LogP contribution is 2.52. The molecule has 176 valence electrons. The van der Waals surface area contributed by atoms with E-state index in [0.29, 0.717) is 0 Å². The van der Waals surface area contributed by atoms with Gasteiger partial charge in [0.05, 0.1) is 0 Å². The number of nitrogens with one attached hydrogen (secondary N) is 2. The minimum absolute atomic E-state index is 0.118. The van der Waals surface area contributed by atoms with Crippen LogP contribution in [0.5, 0.6) is 0 Å². The molecule has 2 N–H and O–H groups in total. The smallest absolute Gasteiger partial charge is 0.228 e. The maximum Gasteiger partial charge on any atom is 0.228 e. The zero-order chi connectivity index (χ0) is 24.3. The second-order valence-electron chi connectivity index (χ2n) is 11.9. The molecule has 0 spiro atoms. The maximum absolute atomic E-state index is 12.6. The average molecular weight is 447 g/mol. The summed E-state index contributed by atoms with van der Waals surface area (Å²) in [6.07, 6.45) is 2.74. The summed E-state index contributed by atoms with van der Waals surface area (Å²) < 4.78 is 0. The molecule has 2 fully saturated rings. The van der Waals surface area contributed by atoms with Crippen molar-refractivity contribution in [2.75, 3.05) is 10.6 Å². The number of aryl methyl sites for hydroxylation is 4. The standard InChI is InChI=1S/C29H38N2O2/c1-16-9-20(10-17(2)24(16)30-26(32)22-14-28(22,5)6)13-21-11-18(3)25(19(4)12-21)31-27(33)23-15-29(23,7)8/h9-12,22-23H,13-15H2,1-8H3,(H,30,32)(H,31,33). The van der Waals surface area contributed by atoms with Crippen LogP contribution in [0.25, 0.3) is 0 Å². The monoisotopic (exact) mass is 446 g/mol. The van der Waals surface area contributed by atoms with Crippen molar-refractivity contribution in [3.8, 4) is 0 Å². The van der Waals surface area contributed by atoms with Crippen LogP contribution in [0.3, 0.4) is 0 Å². The Hall–Kier alpha value is -2.62. The van der Waals surface area contributed by atoms with Gasteiger partial charge < -0.3 is 10.6 Å². The normalized spacial score (nSPS) is 21.9. The zero-order valence-electron chi connectivity index (χ0n) is 21.4. The van der Waals surface area contributed by atoms with Crippen molar-refractivity contribution < 1.29 is 9.59 Å². The topological polar surface area (TPSA) is 58.2 Å². The van der Waals surface area contributed by atoms with Gasteiger partial charge >= 0.3 is 0 Å². The molecule has 2 aromatic rings. The van der Waals surface area contributed by atoms with Crippen molar-refractivity contribution in [1.82, 2.24) is 0 Å². The minimum Gasteiger partial charge on any atom is -0.325 e. The molecule has 4 heteroatoms. The van der Waals surface area contributed by atoms with Crippen molar-refractivity contribution in [2.24, 2.45) is 22.7 Å². The lowest BCUT2D eigenvalue weighted by molar-refractivity contribution is -0.118. The third-order valence-corrected chi connectivity index (χ3v) is 7.75. The highest BCUT2D eigenvalue weighted by molar-refractivity contribution is 5.97. The molecular formula is C29H38N2O2. The summed E-state index contributed by atoms with van der Waals surface area (Å²) in [7, 11) is 0. The lowest BCUT2D eigenvalue weighted by atomic mass is 9.96. The molecule has 0 radical (unpaired) electrons. The summed E-state index contributed by atoms with van der Waals surface area (Å²) in [5, 5.41) is 6.34. The predicted octanol–water partition coefficient (Wildman–Crippen LogP) is 6.48. The first-order chi connectivity index (χ1) is 15.3. The summed E-state index contributed by atoms with van der Waals surface area (Å²) in [5.41, 5.74) is 8.99. The number of carbonyl (C=O) groups excluding carboxylic acids is 2. The van der Waals surface area contributed by atoms with E-state index < -0.39 is 0 Å². The van der Waals surface area contributed by atoms with Gasteiger partial charge in [0.25, 0.3) is 0 Å². The highest BCUT2D eigenvalue weighted by Gasteiger charge is 2.51. The van der Waals surface area contributed by atoms with E-state index in [1.807, 2.05) is 0 Å². The zero-order valence-corrected chi connectivity index (χ0v) is 21.4. The fourth-order valence-electron chi connectivity index (χ4n) is 5.19. The number of amides is 2. The van der Waals surface area contributed by atoms with Crippen LogP contribution in [0.2, 0.25) is 0 Å². The van der Waals surface area contributed by atoms with Crippen molar-refractivity contribution in [2.45, 2.75) is 74.7 Å². The van der Waals surface area contributed by atoms with Gasteiger partial charge in [-0.3, -0.25) is 9.59 Å². The van der Waals surface area contributed by atoms with E-state index in [1.54, 1.807) is 0 Å². The molecule has 0 heterocycles. The first-order valence-corrected chi connectivity index (χ1v) is 12.1. The molecule has 0 bridgehead atoms. The molecule has 0 saturated heterocycles. The van der Waals surface area contributed by atoms with E-state index in [2.05, 4.69) is 90.3 Å². The Kier molecular flexibility index (Phi) is 5.71. The molecule has 2 amide bonds. The minimum atomic E-state index is 0.118. The Balaban J connectivity index is 1.47. The third-order valence-electron chi connectivity index (χ3n) is 7.75. The van der Waals surface area contributed by atoms with Gasteiger partial charge in [-0.25, -0.2) is 0 Å². The number of anilines is 2. The Bertz CT molecular complexity index is 1010. The second-order valence-corrected chi connectivity index (χ2v) is 11.9. The Morgan fingerprint density at radius 1 is 0.697 bits per heavy atom. The molecule has 33 heavy (non-hydrogen) atoms. The van der Waals surface area contributed by atoms with Gasteiger partial charge in [0, 0.05) is 23.2 Å². The fourth-order valence-corrected chi connectivity index (χ4v) is 5.19. The van der Waals surface area contributed by atoms with Crippen molar-refractivity contribution >= 4 is 23.2 Å². The van der Waals surface area contributed by atoms with Crippen LogP contribution in [0.4, 0.5) is 11.4 Å². The van der Waals surface area contributed by atoms with E-state index in [1.165, 1.54) is 11.1 Å². The molecule has 0 aromatic heterocycles. The van der Waals surface area contributed by atoms with Gasteiger partial charge in [-0.2, -0.15) is 0 Å². The summed E-state index contributed by atoms with van der Waals surface area (Å²) in [6, 6.07) is 8.71. The highest BCUT2D eigenvalue weighted by atomic mass is 16.2. The van der Waals surface area contributed by atoms with Crippen LogP contribution in [0.15, 0.2) is 24.3 Å². The van der Waals surface area contributed by atoms with E-state index in [0.717, 1.165) is 52.9 Å². The van der Waals surface area contributed by atoms with Gasteiger partial charge in [0.1, 0.15) is 0 Å². The van der Waals surface area contributed by atoms with Crippen molar-refractivity contribution in [3.05, 3.63) is 57.6 Å². The van der Waals surface area contributed by atoms with Gasteiger partial charge in [0.2, 0.25) is 11.8 Å². The van der Waals surface area contributed by atoms with Gasteiger partial charge in [0.15, 0.2) is 0 Å². The van der Waals surface area contributed by atoms with Crippen LogP contribution in [0, 0.1) is 50.4 Å². The molecule has 4 rings (SSSR count). The Morgan fingerprint density at radius 3 is 1.21 bits per heavy atom. The van der Waals surface area contributed by atoms with E-state index >= 15 is 0 Å². The first-order valence-electron chi connectivity index (χ1n) is 12.1. The van der Waals surface area contributed by atoms with Crippen LogP contribution in [-0.4, -0.2) is 11.8 Å². The van der Waals surface area contributed by atoms with Gasteiger partial charge in [-0.15, -0.1) is 0 Å². The quantitative estimate of drug-likeness (QED) is 0.533. The Morgan fingerprint density at radius 2 is 0.970 bits per heavy atom. The average Bonchev–Trinajstić information content (AvgIpc) is 3.54. The SMILES string of the molecule is Cc1cc(Cc2cc(C)c(NC(=O)C3CC3(C)C)c(C)c2)cc(C)c1NC(=O)C1CC1(C)C. The van der Waals surface area contributed by atoms with E-state index in [9.17, 15) is 9.59 Å². The largest absolute Gasteiger partial charge is 0.325 e. The molecule has 0 aliphatic heterocycles. The molecule has 2 aromatic carbocycles. The van der Waals surface area contributed by atoms with E-state index in [-0.39, 0.29) is 34.5 Å². The number of hydrogen-bond donors (Lipinski definition) is 2. The summed E-state index contributed by atoms with van der Waals surface area (Å²) >= 11 is 0. The van der Waals surface area contributed by atoms with Crippen LogP contribution in [0.1, 0.15) is 73.9 Å². The summed E-state index contributed by atoms with van der Waals surface area (Å²) in [5.74, 6) is 0.508. The molecule has 2 unspecified atom stereocenters.